The molecular weight excluding hydrogens is 384 g/mol. The van der Waals surface area contributed by atoms with Gasteiger partial charge in [-0.2, -0.15) is 0 Å². The predicted octanol–water partition coefficient (Wildman–Crippen LogP) is 4.66. The molecule has 1 amide bonds. The molecule has 0 aromatic heterocycles. The van der Waals surface area contributed by atoms with E-state index in [1.165, 1.54) is 0 Å². The molecule has 3 N–H and O–H groups in total. The van der Waals surface area contributed by atoms with Crippen LogP contribution in [0, 0.1) is 13.8 Å². The second-order valence-electron chi connectivity index (χ2n) is 4.61. The number of carbonyl (C=O) groups excluding carboxylic acids is 1. The fourth-order valence-corrected chi connectivity index (χ4v) is 2.53. The Morgan fingerprint density at radius 1 is 1.10 bits per heavy atom. The van der Waals surface area contributed by atoms with Crippen molar-refractivity contribution in [2.75, 3.05) is 11.1 Å². The molecular formula is C15H14Br2N2O. The van der Waals surface area contributed by atoms with Crippen LogP contribution in [0.2, 0.25) is 0 Å². The van der Waals surface area contributed by atoms with Gasteiger partial charge >= 0.3 is 0 Å². The molecule has 104 valence electrons. The smallest absolute Gasteiger partial charge is 0.257 e. The molecule has 0 heterocycles. The van der Waals surface area contributed by atoms with Crippen LogP contribution in [0.25, 0.3) is 0 Å². The molecule has 0 aliphatic carbocycles. The van der Waals surface area contributed by atoms with Crippen LogP contribution in [0.1, 0.15) is 21.5 Å². The van der Waals surface area contributed by atoms with Crippen molar-refractivity contribution < 1.29 is 4.79 Å². The minimum absolute atomic E-state index is 0.218. The number of anilines is 2. The number of benzene rings is 2. The lowest BCUT2D eigenvalue weighted by Gasteiger charge is -2.11. The summed E-state index contributed by atoms with van der Waals surface area (Å²) < 4.78 is 1.87. The number of halogens is 2. The molecule has 0 saturated heterocycles. The average Bonchev–Trinajstić information content (AvgIpc) is 2.38. The van der Waals surface area contributed by atoms with E-state index in [2.05, 4.69) is 37.2 Å². The average molecular weight is 398 g/mol. The van der Waals surface area contributed by atoms with Crippen molar-refractivity contribution in [3.63, 3.8) is 0 Å². The molecule has 0 atom stereocenters. The maximum atomic E-state index is 12.3. The minimum Gasteiger partial charge on any atom is -0.398 e. The Morgan fingerprint density at radius 2 is 1.70 bits per heavy atom. The Morgan fingerprint density at radius 3 is 2.30 bits per heavy atom. The summed E-state index contributed by atoms with van der Waals surface area (Å²) in [5.41, 5.74) is 9.65. The van der Waals surface area contributed by atoms with Crippen LogP contribution >= 0.6 is 31.9 Å². The first kappa shape index (κ1) is 15.1. The van der Waals surface area contributed by atoms with E-state index in [0.717, 1.165) is 25.8 Å². The van der Waals surface area contributed by atoms with E-state index in [-0.39, 0.29) is 5.91 Å². The Balaban J connectivity index is 2.30. The van der Waals surface area contributed by atoms with Crippen molar-refractivity contribution >= 4 is 49.1 Å². The Bertz CT molecular complexity index is 661. The summed E-state index contributed by atoms with van der Waals surface area (Å²) in [6, 6.07) is 9.06. The summed E-state index contributed by atoms with van der Waals surface area (Å²) in [5, 5.41) is 2.87. The molecule has 0 spiro atoms. The summed E-state index contributed by atoms with van der Waals surface area (Å²) in [4.78, 5) is 12.3. The summed E-state index contributed by atoms with van der Waals surface area (Å²) in [5.74, 6) is -0.218. The molecule has 0 aliphatic rings. The molecule has 0 unspecified atom stereocenters. The number of nitrogens with one attached hydrogen (secondary N) is 1. The van der Waals surface area contributed by atoms with Crippen LogP contribution in [0.3, 0.4) is 0 Å². The van der Waals surface area contributed by atoms with Crippen molar-refractivity contribution in [1.29, 1.82) is 0 Å². The van der Waals surface area contributed by atoms with Gasteiger partial charge in [0.2, 0.25) is 0 Å². The highest BCUT2D eigenvalue weighted by Gasteiger charge is 2.11. The number of carbonyl (C=O) groups is 1. The molecule has 0 radical (unpaired) electrons. The fraction of sp³-hybridized carbons (Fsp3) is 0.133. The molecule has 2 aromatic rings. The van der Waals surface area contributed by atoms with Crippen LogP contribution < -0.4 is 11.1 Å². The number of hydrogen-bond donors (Lipinski definition) is 2. The second-order valence-corrected chi connectivity index (χ2v) is 6.32. The Hall–Kier alpha value is -1.33. The van der Waals surface area contributed by atoms with Crippen molar-refractivity contribution in [3.05, 3.63) is 56.0 Å². The molecule has 0 aliphatic heterocycles. The highest BCUT2D eigenvalue weighted by atomic mass is 79.9. The van der Waals surface area contributed by atoms with Gasteiger partial charge in [-0.15, -0.1) is 0 Å². The van der Waals surface area contributed by atoms with Gasteiger partial charge in [-0.1, -0.05) is 31.9 Å². The SMILES string of the molecule is Cc1cc(NC(=O)c2cc(Br)ccc2N)cc(C)c1Br. The molecule has 0 fully saturated rings. The van der Waals surface area contributed by atoms with E-state index in [1.807, 2.05) is 26.0 Å². The summed E-state index contributed by atoms with van der Waals surface area (Å²) in [6.45, 7) is 3.97. The highest BCUT2D eigenvalue weighted by molar-refractivity contribution is 9.10. The third-order valence-corrected chi connectivity index (χ3v) is 4.70. The Labute approximate surface area is 134 Å². The second kappa shape index (κ2) is 5.97. The third kappa shape index (κ3) is 3.22. The quantitative estimate of drug-likeness (QED) is 0.723. The molecule has 20 heavy (non-hydrogen) atoms. The number of amides is 1. The molecule has 0 saturated carbocycles. The first-order valence-corrected chi connectivity index (χ1v) is 7.60. The van der Waals surface area contributed by atoms with Crippen LogP contribution in [0.5, 0.6) is 0 Å². The van der Waals surface area contributed by atoms with Crippen LogP contribution in [0.15, 0.2) is 39.3 Å². The van der Waals surface area contributed by atoms with Gasteiger partial charge in [0, 0.05) is 20.3 Å². The topological polar surface area (TPSA) is 55.1 Å². The minimum atomic E-state index is -0.218. The number of nitrogens with two attached hydrogens (primary N) is 1. The van der Waals surface area contributed by atoms with E-state index >= 15 is 0 Å². The number of hydrogen-bond acceptors (Lipinski definition) is 2. The number of nitrogen functional groups attached to an aromatic ring is 1. The normalized spacial score (nSPS) is 10.4. The summed E-state index contributed by atoms with van der Waals surface area (Å²) in [6.07, 6.45) is 0. The lowest BCUT2D eigenvalue weighted by atomic mass is 10.1. The fourth-order valence-electron chi connectivity index (χ4n) is 1.94. The monoisotopic (exact) mass is 396 g/mol. The lowest BCUT2D eigenvalue weighted by Crippen LogP contribution is -2.14. The molecule has 2 aromatic carbocycles. The zero-order valence-corrected chi connectivity index (χ0v) is 14.3. The third-order valence-electron chi connectivity index (χ3n) is 2.95. The first-order valence-electron chi connectivity index (χ1n) is 6.01. The van der Waals surface area contributed by atoms with E-state index in [9.17, 15) is 4.79 Å². The van der Waals surface area contributed by atoms with Crippen molar-refractivity contribution in [1.82, 2.24) is 0 Å². The van der Waals surface area contributed by atoms with E-state index in [4.69, 9.17) is 5.73 Å². The maximum Gasteiger partial charge on any atom is 0.257 e. The van der Waals surface area contributed by atoms with Gasteiger partial charge in [-0.05, 0) is 55.3 Å². The van der Waals surface area contributed by atoms with Crippen molar-refractivity contribution in [2.24, 2.45) is 0 Å². The van der Waals surface area contributed by atoms with E-state index in [0.29, 0.717) is 11.3 Å². The van der Waals surface area contributed by atoms with Gasteiger partial charge in [-0.25, -0.2) is 0 Å². The van der Waals surface area contributed by atoms with Gasteiger partial charge in [0.1, 0.15) is 0 Å². The molecule has 5 heteroatoms. The zero-order valence-electron chi connectivity index (χ0n) is 11.1. The Kier molecular flexibility index (Phi) is 4.50. The molecule has 0 bridgehead atoms. The standard InChI is InChI=1S/C15H14Br2N2O/c1-8-5-11(6-9(2)14(8)17)19-15(20)12-7-10(16)3-4-13(12)18/h3-7H,18H2,1-2H3,(H,19,20). The summed E-state index contributed by atoms with van der Waals surface area (Å²) in [7, 11) is 0. The molecule has 3 nitrogen and oxygen atoms in total. The summed E-state index contributed by atoms with van der Waals surface area (Å²) >= 11 is 6.85. The van der Waals surface area contributed by atoms with Gasteiger partial charge in [0.15, 0.2) is 0 Å². The van der Waals surface area contributed by atoms with Crippen molar-refractivity contribution in [2.45, 2.75) is 13.8 Å². The first-order chi connectivity index (χ1) is 9.38. The molecule has 2 rings (SSSR count). The lowest BCUT2D eigenvalue weighted by molar-refractivity contribution is 0.102. The number of aryl methyl sites for hydroxylation is 2. The predicted molar refractivity (Wildman–Crippen MR) is 90.1 cm³/mol. The van der Waals surface area contributed by atoms with Crippen LogP contribution in [-0.4, -0.2) is 5.91 Å². The van der Waals surface area contributed by atoms with Gasteiger partial charge < -0.3 is 11.1 Å². The van der Waals surface area contributed by atoms with E-state index < -0.39 is 0 Å². The maximum absolute atomic E-state index is 12.3. The zero-order chi connectivity index (χ0) is 14.9. The van der Waals surface area contributed by atoms with Crippen LogP contribution in [-0.2, 0) is 0 Å². The highest BCUT2D eigenvalue weighted by Crippen LogP contribution is 2.26. The van der Waals surface area contributed by atoms with E-state index in [1.54, 1.807) is 18.2 Å². The van der Waals surface area contributed by atoms with Gasteiger partial charge in [0.05, 0.1) is 5.56 Å². The van der Waals surface area contributed by atoms with Crippen molar-refractivity contribution in [3.8, 4) is 0 Å². The van der Waals surface area contributed by atoms with Gasteiger partial charge in [0.25, 0.3) is 5.91 Å². The van der Waals surface area contributed by atoms with Gasteiger partial charge in [-0.3, -0.25) is 4.79 Å². The number of rotatable bonds is 2. The van der Waals surface area contributed by atoms with Crippen LogP contribution in [0.4, 0.5) is 11.4 Å². The largest absolute Gasteiger partial charge is 0.398 e.